The van der Waals surface area contributed by atoms with Gasteiger partial charge in [0.1, 0.15) is 14.8 Å². The molecule has 21 heavy (non-hydrogen) atoms. The molecule has 0 aliphatic heterocycles. The van der Waals surface area contributed by atoms with Gasteiger partial charge in [-0.15, -0.1) is 11.3 Å². The summed E-state index contributed by atoms with van der Waals surface area (Å²) in [4.78, 5) is 12.4. The minimum atomic E-state index is -3.48. The predicted molar refractivity (Wildman–Crippen MR) is 85.7 cm³/mol. The highest BCUT2D eigenvalue weighted by atomic mass is 32.2. The Morgan fingerprint density at radius 2 is 2.10 bits per heavy atom. The average Bonchev–Trinajstić information content (AvgIpc) is 3.15. The molecule has 2 rings (SSSR count). The molecule has 118 valence electrons. The van der Waals surface area contributed by atoms with Crippen molar-refractivity contribution < 1.29 is 13.2 Å². The van der Waals surface area contributed by atoms with E-state index in [-0.39, 0.29) is 21.4 Å². The van der Waals surface area contributed by atoms with E-state index in [1.165, 1.54) is 0 Å². The maximum Gasteiger partial charge on any atom is 0.263 e. The Kier molecular flexibility index (Phi) is 4.77. The van der Waals surface area contributed by atoms with E-state index in [9.17, 15) is 13.2 Å². The van der Waals surface area contributed by atoms with Crippen LogP contribution < -0.4 is 16.4 Å². The van der Waals surface area contributed by atoms with Crippen LogP contribution in [0.1, 0.15) is 35.9 Å². The van der Waals surface area contributed by atoms with Gasteiger partial charge in [-0.25, -0.2) is 8.42 Å². The quantitative estimate of drug-likeness (QED) is 0.706. The summed E-state index contributed by atoms with van der Waals surface area (Å²) in [6.45, 7) is 3.20. The molecule has 1 aromatic heterocycles. The number of thiophene rings is 1. The normalized spacial score (nSPS) is 15.0. The van der Waals surface area contributed by atoms with Crippen molar-refractivity contribution in [3.05, 3.63) is 4.88 Å². The maximum absolute atomic E-state index is 12.1. The highest BCUT2D eigenvalue weighted by molar-refractivity contribution is 7.91. The van der Waals surface area contributed by atoms with E-state index in [0.29, 0.717) is 17.5 Å². The van der Waals surface area contributed by atoms with Gasteiger partial charge in [-0.1, -0.05) is 6.92 Å². The number of nitrogen functional groups attached to an aromatic ring is 1. The Balaban J connectivity index is 2.31. The zero-order chi connectivity index (χ0) is 15.6. The molecule has 0 bridgehead atoms. The lowest BCUT2D eigenvalue weighted by Gasteiger charge is -2.05. The third kappa shape index (κ3) is 3.88. The van der Waals surface area contributed by atoms with E-state index in [2.05, 4.69) is 10.6 Å². The zero-order valence-corrected chi connectivity index (χ0v) is 13.9. The van der Waals surface area contributed by atoms with E-state index in [1.807, 2.05) is 6.92 Å². The molecule has 4 N–H and O–H groups in total. The Hall–Kier alpha value is -1.28. The summed E-state index contributed by atoms with van der Waals surface area (Å²) in [5.74, 6) is 0.279. The van der Waals surface area contributed by atoms with Crippen LogP contribution in [0.15, 0.2) is 4.90 Å². The highest BCUT2D eigenvalue weighted by Crippen LogP contribution is 2.40. The Morgan fingerprint density at radius 1 is 1.43 bits per heavy atom. The first-order valence-corrected chi connectivity index (χ1v) is 9.69. The van der Waals surface area contributed by atoms with Crippen LogP contribution >= 0.6 is 11.3 Å². The number of anilines is 2. The fraction of sp³-hybridized carbons (Fsp3) is 0.615. The molecular weight excluding hydrogens is 310 g/mol. The van der Waals surface area contributed by atoms with Crippen LogP contribution in [0.3, 0.4) is 0 Å². The first-order chi connectivity index (χ1) is 9.84. The van der Waals surface area contributed by atoms with Gasteiger partial charge in [0.05, 0.1) is 5.69 Å². The van der Waals surface area contributed by atoms with Gasteiger partial charge in [-0.05, 0) is 25.2 Å². The molecule has 6 nitrogen and oxygen atoms in total. The lowest BCUT2D eigenvalue weighted by molar-refractivity contribution is 0.0958. The summed E-state index contributed by atoms with van der Waals surface area (Å²) in [6, 6.07) is 0. The van der Waals surface area contributed by atoms with Crippen molar-refractivity contribution in [3.63, 3.8) is 0 Å². The van der Waals surface area contributed by atoms with Crippen LogP contribution in [0, 0.1) is 5.92 Å². The monoisotopic (exact) mass is 331 g/mol. The summed E-state index contributed by atoms with van der Waals surface area (Å²) < 4.78 is 23.9. The van der Waals surface area contributed by atoms with Crippen LogP contribution in [-0.4, -0.2) is 33.7 Å². The van der Waals surface area contributed by atoms with E-state index in [1.54, 1.807) is 0 Å². The number of nitrogens with two attached hydrogens (primary N) is 1. The van der Waals surface area contributed by atoms with Gasteiger partial charge in [0, 0.05) is 19.3 Å². The second-order valence-corrected chi connectivity index (χ2v) is 8.33. The summed E-state index contributed by atoms with van der Waals surface area (Å²) in [6.07, 6.45) is 4.24. The summed E-state index contributed by atoms with van der Waals surface area (Å²) in [5.41, 5.74) is 5.97. The van der Waals surface area contributed by atoms with Crippen LogP contribution in [0.4, 0.5) is 10.7 Å². The molecule has 1 heterocycles. The summed E-state index contributed by atoms with van der Waals surface area (Å²) in [7, 11) is -3.48. The third-order valence-corrected chi connectivity index (χ3v) is 5.72. The second kappa shape index (κ2) is 6.23. The van der Waals surface area contributed by atoms with Gasteiger partial charge in [0.2, 0.25) is 0 Å². The molecule has 8 heteroatoms. The van der Waals surface area contributed by atoms with Crippen molar-refractivity contribution in [1.82, 2.24) is 5.32 Å². The van der Waals surface area contributed by atoms with Crippen LogP contribution in [-0.2, 0) is 9.84 Å². The first kappa shape index (κ1) is 16.1. The van der Waals surface area contributed by atoms with Crippen molar-refractivity contribution in [3.8, 4) is 0 Å². The Bertz CT molecular complexity index is 633. The smallest absolute Gasteiger partial charge is 0.263 e. The number of carbonyl (C=O) groups excluding carboxylic acids is 1. The minimum absolute atomic E-state index is 0.0504. The van der Waals surface area contributed by atoms with Gasteiger partial charge in [0.25, 0.3) is 5.91 Å². The van der Waals surface area contributed by atoms with Crippen molar-refractivity contribution in [1.29, 1.82) is 0 Å². The van der Waals surface area contributed by atoms with Gasteiger partial charge in [-0.3, -0.25) is 4.79 Å². The fourth-order valence-electron chi connectivity index (χ4n) is 1.96. The maximum atomic E-state index is 12.1. The van der Waals surface area contributed by atoms with Crippen molar-refractivity contribution in [2.45, 2.75) is 31.1 Å². The molecular formula is C13H21N3O3S2. The van der Waals surface area contributed by atoms with Crippen LogP contribution in [0.25, 0.3) is 0 Å². The third-order valence-electron chi connectivity index (χ3n) is 3.26. The molecule has 0 spiro atoms. The molecule has 1 aliphatic rings. The number of rotatable bonds is 7. The largest absolute Gasteiger partial charge is 0.396 e. The molecule has 1 aromatic rings. The van der Waals surface area contributed by atoms with Gasteiger partial charge in [-0.2, -0.15) is 0 Å². The highest BCUT2D eigenvalue weighted by Gasteiger charge is 2.28. The Morgan fingerprint density at radius 3 is 2.62 bits per heavy atom. The molecule has 0 aromatic carbocycles. The fourth-order valence-corrected chi connectivity index (χ4v) is 4.45. The molecule has 0 atom stereocenters. The molecule has 1 saturated carbocycles. The van der Waals surface area contributed by atoms with Crippen LogP contribution in [0.5, 0.6) is 0 Å². The molecule has 1 aliphatic carbocycles. The zero-order valence-electron chi connectivity index (χ0n) is 12.2. The number of carbonyl (C=O) groups is 1. The first-order valence-electron chi connectivity index (χ1n) is 6.99. The second-order valence-electron chi connectivity index (χ2n) is 5.36. The summed E-state index contributed by atoms with van der Waals surface area (Å²) >= 11 is 1.11. The molecule has 0 saturated heterocycles. The van der Waals surface area contributed by atoms with Crippen molar-refractivity contribution >= 4 is 37.8 Å². The number of hydrogen-bond acceptors (Lipinski definition) is 6. The lowest BCUT2D eigenvalue weighted by atomic mass is 10.3. The van der Waals surface area contributed by atoms with E-state index < -0.39 is 9.84 Å². The molecule has 0 radical (unpaired) electrons. The Labute approximate surface area is 129 Å². The number of sulfone groups is 1. The topological polar surface area (TPSA) is 101 Å². The predicted octanol–water partition coefficient (Wildman–Crippen LogP) is 1.70. The van der Waals surface area contributed by atoms with E-state index in [4.69, 9.17) is 5.73 Å². The summed E-state index contributed by atoms with van der Waals surface area (Å²) in [5, 5.41) is 6.34. The van der Waals surface area contributed by atoms with Gasteiger partial charge < -0.3 is 16.4 Å². The minimum Gasteiger partial charge on any atom is -0.396 e. The van der Waals surface area contributed by atoms with Crippen LogP contribution in [0.2, 0.25) is 0 Å². The number of hydrogen-bond donors (Lipinski definition) is 3. The van der Waals surface area contributed by atoms with E-state index >= 15 is 0 Å². The van der Waals surface area contributed by atoms with Gasteiger partial charge >= 0.3 is 0 Å². The van der Waals surface area contributed by atoms with Crippen molar-refractivity contribution in [2.75, 3.05) is 30.4 Å². The standard InChI is InChI=1S/C13H21N3O3S2/c1-3-6-15-12(17)10-9(14)11(21(2,18)19)13(20-10)16-7-8-4-5-8/h8,16H,3-7,14H2,1-2H3,(H,15,17). The van der Waals surface area contributed by atoms with Gasteiger partial charge in [0.15, 0.2) is 9.84 Å². The van der Waals surface area contributed by atoms with E-state index in [0.717, 1.165) is 43.4 Å². The number of amides is 1. The SMILES string of the molecule is CCCNC(=O)c1sc(NCC2CC2)c(S(C)(=O)=O)c1N. The molecule has 1 amide bonds. The number of nitrogens with one attached hydrogen (secondary N) is 2. The average molecular weight is 331 g/mol. The molecule has 1 fully saturated rings. The lowest BCUT2D eigenvalue weighted by Crippen LogP contribution is -2.24. The molecule has 0 unspecified atom stereocenters. The van der Waals surface area contributed by atoms with Crippen molar-refractivity contribution in [2.24, 2.45) is 5.92 Å².